The number of rotatable bonds is 13. The van der Waals surface area contributed by atoms with Gasteiger partial charge in [-0.2, -0.15) is 0 Å². The third kappa shape index (κ3) is 10.5. The topological polar surface area (TPSA) is 29.5 Å². The molecule has 0 bridgehead atoms. The first-order chi connectivity index (χ1) is 13.2. The van der Waals surface area contributed by atoms with Crippen molar-refractivity contribution < 1.29 is 31.0 Å². The maximum absolute atomic E-state index is 12.6. The van der Waals surface area contributed by atoms with E-state index in [0.29, 0.717) is 12.5 Å². The van der Waals surface area contributed by atoms with Crippen molar-refractivity contribution in [2.75, 3.05) is 46.9 Å². The van der Waals surface area contributed by atoms with Crippen LogP contribution < -0.4 is 21.7 Å². The van der Waals surface area contributed by atoms with E-state index >= 15 is 0 Å². The zero-order chi connectivity index (χ0) is 21.2. The van der Waals surface area contributed by atoms with Crippen LogP contribution in [0.4, 0.5) is 0 Å². The summed E-state index contributed by atoms with van der Waals surface area (Å²) in [4.78, 5) is 14.7. The van der Waals surface area contributed by atoms with Gasteiger partial charge in [0.2, 0.25) is 0 Å². The molecule has 0 saturated heterocycles. The molecule has 1 amide bonds. The van der Waals surface area contributed by atoms with Gasteiger partial charge in [-0.1, -0.05) is 39.8 Å². The van der Waals surface area contributed by atoms with Crippen LogP contribution in [0, 0.1) is 6.92 Å². The number of hydrogen-bond acceptors (Lipinski definition) is 2. The smallest absolute Gasteiger partial charge is 0.277 e. The van der Waals surface area contributed by atoms with Crippen molar-refractivity contribution in [2.45, 2.75) is 66.2 Å². The van der Waals surface area contributed by atoms with E-state index in [2.05, 4.69) is 66.9 Å². The monoisotopic (exact) mass is 470 g/mol. The predicted molar refractivity (Wildman–Crippen MR) is 119 cm³/mol. The van der Waals surface area contributed by atoms with Crippen molar-refractivity contribution in [1.29, 1.82) is 0 Å². The second kappa shape index (κ2) is 14.0. The molecule has 1 aromatic rings. The number of carbonyl (C=O) groups excluding carboxylic acids is 1. The van der Waals surface area contributed by atoms with E-state index in [1.54, 1.807) is 0 Å². The maximum atomic E-state index is 12.6. The first kappa shape index (κ1) is 27.9. The Bertz CT molecular complexity index is 597. The van der Waals surface area contributed by atoms with Crippen molar-refractivity contribution in [3.8, 4) is 5.75 Å². The molecule has 0 spiro atoms. The molecule has 29 heavy (non-hydrogen) atoms. The van der Waals surface area contributed by atoms with Crippen molar-refractivity contribution in [1.82, 2.24) is 4.90 Å². The van der Waals surface area contributed by atoms with Gasteiger partial charge in [0.25, 0.3) is 5.91 Å². The van der Waals surface area contributed by atoms with Crippen LogP contribution in [-0.2, 0) is 4.79 Å². The van der Waals surface area contributed by atoms with E-state index < -0.39 is 0 Å². The second-order valence-electron chi connectivity index (χ2n) is 8.95. The second-order valence-corrected chi connectivity index (χ2v) is 8.95. The highest BCUT2D eigenvalue weighted by molar-refractivity contribution is 5.77. The maximum Gasteiger partial charge on any atom is 0.277 e. The Morgan fingerprint density at radius 1 is 1.10 bits per heavy atom. The van der Waals surface area contributed by atoms with Crippen molar-refractivity contribution in [2.24, 2.45) is 0 Å². The number of halogens is 1. The van der Waals surface area contributed by atoms with E-state index in [1.807, 2.05) is 4.90 Å². The van der Waals surface area contributed by atoms with Gasteiger partial charge >= 0.3 is 0 Å². The number of hydrogen-bond donors (Lipinski definition) is 0. The molecule has 1 aromatic carbocycles. The Labute approximate surface area is 190 Å². The van der Waals surface area contributed by atoms with Gasteiger partial charge in [0.15, 0.2) is 6.54 Å². The lowest BCUT2D eigenvalue weighted by Crippen LogP contribution is -3.00. The van der Waals surface area contributed by atoms with E-state index in [9.17, 15) is 4.79 Å². The average Bonchev–Trinajstić information content (AvgIpc) is 2.60. The summed E-state index contributed by atoms with van der Waals surface area (Å²) in [6, 6.07) is 6.48. The molecule has 0 aromatic heterocycles. The van der Waals surface area contributed by atoms with E-state index in [-0.39, 0.29) is 22.9 Å². The average molecular weight is 472 g/mol. The van der Waals surface area contributed by atoms with Gasteiger partial charge < -0.3 is 31.1 Å². The van der Waals surface area contributed by atoms with Gasteiger partial charge in [0.1, 0.15) is 5.75 Å². The molecular weight excluding hydrogens is 428 g/mol. The van der Waals surface area contributed by atoms with Crippen LogP contribution in [0.15, 0.2) is 18.2 Å². The molecule has 0 heterocycles. The van der Waals surface area contributed by atoms with Gasteiger partial charge in [-0.3, -0.25) is 4.79 Å². The molecule has 0 N–H and O–H groups in total. The zero-order valence-corrected chi connectivity index (χ0v) is 21.3. The Morgan fingerprint density at radius 2 is 1.72 bits per heavy atom. The molecule has 168 valence electrons. The number of aryl methyl sites for hydroxylation is 1. The van der Waals surface area contributed by atoms with Crippen molar-refractivity contribution in [3.63, 3.8) is 0 Å². The van der Waals surface area contributed by atoms with Crippen LogP contribution in [0.3, 0.4) is 0 Å². The van der Waals surface area contributed by atoms with Gasteiger partial charge in [0, 0.05) is 13.1 Å². The van der Waals surface area contributed by atoms with E-state index in [1.165, 1.54) is 11.1 Å². The van der Waals surface area contributed by atoms with Crippen LogP contribution in [-0.4, -0.2) is 62.2 Å². The number of unbranched alkanes of at least 4 members (excludes halogenated alkanes) is 1. The molecule has 0 atom stereocenters. The summed E-state index contributed by atoms with van der Waals surface area (Å²) < 4.78 is 6.84. The zero-order valence-electron chi connectivity index (χ0n) is 19.8. The molecule has 0 aliphatic heterocycles. The lowest BCUT2D eigenvalue weighted by molar-refractivity contribution is -0.883. The number of likely N-dealkylation sites (N-methyl/N-ethyl adjacent to an activating group) is 1. The van der Waals surface area contributed by atoms with Crippen LogP contribution in [0.2, 0.25) is 0 Å². The Morgan fingerprint density at radius 3 is 2.28 bits per heavy atom. The summed E-state index contributed by atoms with van der Waals surface area (Å²) in [6.07, 6.45) is 4.11. The molecular formula is C24H43BrN2O2. The highest BCUT2D eigenvalue weighted by Gasteiger charge is 2.23. The fourth-order valence-electron chi connectivity index (χ4n) is 3.51. The fraction of sp³-hybridized carbons (Fsp3) is 0.708. The molecule has 5 heteroatoms. The van der Waals surface area contributed by atoms with Gasteiger partial charge in [-0.15, -0.1) is 0 Å². The third-order valence-electron chi connectivity index (χ3n) is 5.11. The lowest BCUT2D eigenvalue weighted by Gasteiger charge is -2.32. The summed E-state index contributed by atoms with van der Waals surface area (Å²) >= 11 is 0. The van der Waals surface area contributed by atoms with Crippen molar-refractivity contribution in [3.05, 3.63) is 29.3 Å². The fourth-order valence-corrected chi connectivity index (χ4v) is 3.51. The van der Waals surface area contributed by atoms with Gasteiger partial charge in [0.05, 0.1) is 27.2 Å². The first-order valence-corrected chi connectivity index (χ1v) is 11.0. The van der Waals surface area contributed by atoms with Crippen LogP contribution in [0.25, 0.3) is 0 Å². The van der Waals surface area contributed by atoms with Gasteiger partial charge in [-0.25, -0.2) is 0 Å². The number of quaternary nitrogens is 1. The van der Waals surface area contributed by atoms with Crippen LogP contribution >= 0.6 is 0 Å². The van der Waals surface area contributed by atoms with E-state index in [0.717, 1.165) is 62.2 Å². The Kier molecular flexibility index (Phi) is 13.5. The molecule has 0 fully saturated rings. The SMILES string of the molecule is CCCN(CCC)C(=O)C[N+](C)(C)CCCCOc1cc(C)ccc1C(C)C.[Br-]. The number of amides is 1. The molecule has 1 rings (SSSR count). The summed E-state index contributed by atoms with van der Waals surface area (Å²) in [7, 11) is 4.32. The highest BCUT2D eigenvalue weighted by Crippen LogP contribution is 2.27. The van der Waals surface area contributed by atoms with Crippen LogP contribution in [0.5, 0.6) is 5.75 Å². The molecule has 0 saturated carbocycles. The number of ether oxygens (including phenoxy) is 1. The van der Waals surface area contributed by atoms with Crippen LogP contribution in [0.1, 0.15) is 70.4 Å². The van der Waals surface area contributed by atoms with Gasteiger partial charge in [-0.05, 0) is 55.7 Å². The largest absolute Gasteiger partial charge is 1.00 e. The normalized spacial score (nSPS) is 11.3. The highest BCUT2D eigenvalue weighted by atomic mass is 79.9. The lowest BCUT2D eigenvalue weighted by atomic mass is 10.0. The first-order valence-electron chi connectivity index (χ1n) is 11.0. The Balaban J connectivity index is 0.00000784. The summed E-state index contributed by atoms with van der Waals surface area (Å²) in [6.45, 7) is 14.8. The standard InChI is InChI=1S/C24H43N2O2.BrH/c1-8-14-25(15-9-2)24(27)19-26(6,7)16-10-11-17-28-23-18-21(5)12-13-22(23)20(3)4;/h12-13,18,20H,8-11,14-17,19H2,1-7H3;1H/q+1;/p-1. The summed E-state index contributed by atoms with van der Waals surface area (Å²) in [5, 5.41) is 0. The number of benzene rings is 1. The van der Waals surface area contributed by atoms with Crippen molar-refractivity contribution >= 4 is 5.91 Å². The molecule has 0 aliphatic carbocycles. The Hall–Kier alpha value is -1.07. The third-order valence-corrected chi connectivity index (χ3v) is 5.11. The number of carbonyl (C=O) groups is 1. The summed E-state index contributed by atoms with van der Waals surface area (Å²) in [5.74, 6) is 1.77. The van der Waals surface area contributed by atoms with E-state index in [4.69, 9.17) is 4.74 Å². The number of nitrogens with zero attached hydrogens (tertiary/aromatic N) is 2. The molecule has 4 nitrogen and oxygen atoms in total. The minimum atomic E-state index is 0. The molecule has 0 unspecified atom stereocenters. The summed E-state index contributed by atoms with van der Waals surface area (Å²) in [5.41, 5.74) is 2.51. The minimum absolute atomic E-state index is 0. The molecule has 0 aliphatic rings. The minimum Gasteiger partial charge on any atom is -1.00 e. The quantitative estimate of drug-likeness (QED) is 0.326. The molecule has 0 radical (unpaired) electrons. The predicted octanol–water partition coefficient (Wildman–Crippen LogP) is 2.01.